The molecule has 2 aromatic carbocycles. The summed E-state index contributed by atoms with van der Waals surface area (Å²) in [5.41, 5.74) is 1.24. The van der Waals surface area contributed by atoms with Gasteiger partial charge in [-0.25, -0.2) is 0 Å². The molecule has 0 bridgehead atoms. The number of benzene rings is 2. The molecule has 0 unspecified atom stereocenters. The van der Waals surface area contributed by atoms with E-state index < -0.39 is 15.2 Å². The molecule has 0 aromatic heterocycles. The second-order valence-electron chi connectivity index (χ2n) is 6.17. The van der Waals surface area contributed by atoms with E-state index >= 15 is 0 Å². The topological polar surface area (TPSA) is 81.9 Å². The number of rotatable bonds is 4. The number of nitrogens with zero attached hydrogens (tertiary/aromatic N) is 2. The van der Waals surface area contributed by atoms with Crippen LogP contribution >= 0.6 is 23.4 Å². The lowest BCUT2D eigenvalue weighted by Crippen LogP contribution is -2.68. The number of para-hydroxylation sites is 1. The number of alkyl halides is 1. The molecule has 7 nitrogen and oxygen atoms in total. The van der Waals surface area contributed by atoms with Crippen LogP contribution in [0.15, 0.2) is 41.3 Å². The largest absolute Gasteiger partial charge is 0.493 e. The molecular weight excluding hydrogens is 392 g/mol. The Bertz CT molecular complexity index is 969. The summed E-state index contributed by atoms with van der Waals surface area (Å²) in [5, 5.41) is 10.7. The minimum Gasteiger partial charge on any atom is -0.493 e. The first-order valence-corrected chi connectivity index (χ1v) is 9.32. The molecule has 1 fully saturated rings. The lowest BCUT2D eigenvalue weighted by Gasteiger charge is -2.57. The van der Waals surface area contributed by atoms with Gasteiger partial charge in [0.15, 0.2) is 16.4 Å². The molecular formula is C18H15ClN2O5S. The molecule has 140 valence electrons. The van der Waals surface area contributed by atoms with Crippen LogP contribution in [-0.4, -0.2) is 35.3 Å². The third kappa shape index (κ3) is 2.40. The van der Waals surface area contributed by atoms with Crippen LogP contribution < -0.4 is 9.47 Å². The number of halogens is 1. The number of carbonyl (C=O) groups is 1. The highest BCUT2D eigenvalue weighted by Gasteiger charge is 2.65. The summed E-state index contributed by atoms with van der Waals surface area (Å²) in [4.78, 5) is 25.0. The number of hydrogen-bond acceptors (Lipinski definition) is 6. The van der Waals surface area contributed by atoms with Gasteiger partial charge in [-0.15, -0.1) is 11.6 Å². The van der Waals surface area contributed by atoms with E-state index in [1.807, 2.05) is 12.1 Å². The Hall–Kier alpha value is -2.45. The zero-order valence-electron chi connectivity index (χ0n) is 14.5. The number of ether oxygens (including phenoxy) is 2. The van der Waals surface area contributed by atoms with Crippen LogP contribution in [-0.2, 0) is 16.2 Å². The number of methoxy groups -OCH3 is 2. The first kappa shape index (κ1) is 17.9. The second kappa shape index (κ2) is 6.31. The van der Waals surface area contributed by atoms with Gasteiger partial charge < -0.3 is 14.4 Å². The fraction of sp³-hybridized carbons (Fsp3) is 0.278. The van der Waals surface area contributed by atoms with Crippen molar-refractivity contribution in [1.82, 2.24) is 4.90 Å². The minimum atomic E-state index is -1.03. The molecule has 4 rings (SSSR count). The van der Waals surface area contributed by atoms with Gasteiger partial charge in [-0.2, -0.15) is 0 Å². The molecule has 0 radical (unpaired) electrons. The Labute approximate surface area is 164 Å². The van der Waals surface area contributed by atoms with Crippen LogP contribution in [0, 0.1) is 10.1 Å². The van der Waals surface area contributed by atoms with E-state index in [1.165, 1.54) is 17.8 Å². The zero-order valence-corrected chi connectivity index (χ0v) is 16.0. The van der Waals surface area contributed by atoms with Crippen molar-refractivity contribution in [3.63, 3.8) is 0 Å². The summed E-state index contributed by atoms with van der Waals surface area (Å²) < 4.78 is 10.7. The van der Waals surface area contributed by atoms with Crippen LogP contribution in [0.25, 0.3) is 0 Å². The monoisotopic (exact) mass is 406 g/mol. The number of fused-ring (bicyclic) bond motifs is 2. The molecule has 1 saturated heterocycles. The SMILES string of the molecule is COc1cc2c(cc1OC)S[C@@]1(c3ccccc3[N+](=O)[O-])[C@H](Cl)C(=O)N1C2. The Morgan fingerprint density at radius 1 is 1.26 bits per heavy atom. The van der Waals surface area contributed by atoms with Crippen molar-refractivity contribution in [3.05, 3.63) is 57.6 Å². The third-order valence-electron chi connectivity index (χ3n) is 4.87. The summed E-state index contributed by atoms with van der Waals surface area (Å²) in [7, 11) is 3.08. The lowest BCUT2D eigenvalue weighted by molar-refractivity contribution is -0.386. The third-order valence-corrected chi connectivity index (χ3v) is 7.09. The molecule has 2 atom stereocenters. The maximum atomic E-state index is 12.5. The second-order valence-corrected chi connectivity index (χ2v) is 7.88. The van der Waals surface area contributed by atoms with E-state index in [9.17, 15) is 14.9 Å². The molecule has 2 aliphatic heterocycles. The number of carbonyl (C=O) groups excluding carboxylic acids is 1. The molecule has 1 amide bonds. The predicted octanol–water partition coefficient (Wildman–Crippen LogP) is 3.52. The van der Waals surface area contributed by atoms with Crippen molar-refractivity contribution in [1.29, 1.82) is 0 Å². The van der Waals surface area contributed by atoms with Crippen molar-refractivity contribution in [3.8, 4) is 11.5 Å². The minimum absolute atomic E-state index is 0.0583. The molecule has 2 aromatic rings. The molecule has 27 heavy (non-hydrogen) atoms. The van der Waals surface area contributed by atoms with Crippen LogP contribution in [0.3, 0.4) is 0 Å². The van der Waals surface area contributed by atoms with Crippen LogP contribution in [0.2, 0.25) is 0 Å². The quantitative estimate of drug-likeness (QED) is 0.334. The van der Waals surface area contributed by atoms with Gasteiger partial charge in [0.05, 0.1) is 24.7 Å². The van der Waals surface area contributed by atoms with Gasteiger partial charge in [-0.1, -0.05) is 23.9 Å². The zero-order chi connectivity index (χ0) is 19.3. The smallest absolute Gasteiger partial charge is 0.275 e. The van der Waals surface area contributed by atoms with Crippen LogP contribution in [0.5, 0.6) is 11.5 Å². The molecule has 0 aliphatic carbocycles. The fourth-order valence-electron chi connectivity index (χ4n) is 3.57. The summed E-state index contributed by atoms with van der Waals surface area (Å²) >= 11 is 7.78. The standard InChI is InChI=1S/C18H15ClN2O5S/c1-25-13-7-10-9-20-17(22)16(19)18(20,27-15(10)8-14(13)26-2)11-5-3-4-6-12(11)21(23)24/h3-8,16H,9H2,1-2H3/t16-,18+/m1/s1. The Morgan fingerprint density at radius 2 is 1.93 bits per heavy atom. The van der Waals surface area contributed by atoms with Gasteiger partial charge in [0, 0.05) is 17.5 Å². The lowest BCUT2D eigenvalue weighted by atomic mass is 9.89. The maximum absolute atomic E-state index is 12.5. The van der Waals surface area contributed by atoms with Gasteiger partial charge in [0.2, 0.25) is 5.91 Å². The van der Waals surface area contributed by atoms with Crippen molar-refractivity contribution >= 4 is 35.0 Å². The van der Waals surface area contributed by atoms with E-state index in [0.29, 0.717) is 17.1 Å². The van der Waals surface area contributed by atoms with Gasteiger partial charge in [-0.05, 0) is 23.8 Å². The maximum Gasteiger partial charge on any atom is 0.275 e. The molecule has 2 aliphatic rings. The normalized spacial score (nSPS) is 23.1. The number of thioether (sulfide) groups is 1. The first-order chi connectivity index (χ1) is 12.9. The van der Waals surface area contributed by atoms with Crippen LogP contribution in [0.4, 0.5) is 5.69 Å². The number of hydrogen-bond donors (Lipinski definition) is 0. The van der Waals surface area contributed by atoms with E-state index in [-0.39, 0.29) is 18.1 Å². The summed E-state index contributed by atoms with van der Waals surface area (Å²) in [6, 6.07) is 10.0. The van der Waals surface area contributed by atoms with Crippen molar-refractivity contribution in [2.75, 3.05) is 14.2 Å². The van der Waals surface area contributed by atoms with E-state index in [4.69, 9.17) is 21.1 Å². The van der Waals surface area contributed by atoms with E-state index in [2.05, 4.69) is 0 Å². The van der Waals surface area contributed by atoms with Crippen LogP contribution in [0.1, 0.15) is 11.1 Å². The van der Waals surface area contributed by atoms with Gasteiger partial charge >= 0.3 is 0 Å². The van der Waals surface area contributed by atoms with E-state index in [0.717, 1.165) is 10.5 Å². The molecule has 0 spiro atoms. The highest BCUT2D eigenvalue weighted by atomic mass is 35.5. The number of amides is 1. The van der Waals surface area contributed by atoms with Crippen molar-refractivity contribution in [2.24, 2.45) is 0 Å². The molecule has 0 saturated carbocycles. The summed E-state index contributed by atoms with van der Waals surface area (Å²) in [6.45, 7) is 0.288. The molecule has 2 heterocycles. The fourth-order valence-corrected chi connectivity index (χ4v) is 5.57. The summed E-state index contributed by atoms with van der Waals surface area (Å²) in [5.74, 6) is 0.861. The van der Waals surface area contributed by atoms with Crippen molar-refractivity contribution < 1.29 is 19.2 Å². The highest BCUT2D eigenvalue weighted by molar-refractivity contribution is 8.00. The number of nitro benzene ring substituents is 1. The van der Waals surface area contributed by atoms with Gasteiger partial charge in [-0.3, -0.25) is 14.9 Å². The molecule has 0 N–H and O–H groups in total. The average molecular weight is 407 g/mol. The number of nitro groups is 1. The van der Waals surface area contributed by atoms with E-state index in [1.54, 1.807) is 37.3 Å². The first-order valence-electron chi connectivity index (χ1n) is 8.07. The molecule has 9 heteroatoms. The Morgan fingerprint density at radius 3 is 2.59 bits per heavy atom. The number of β-lactam (4-membered cyclic amide) rings is 1. The Balaban J connectivity index is 1.89. The predicted molar refractivity (Wildman–Crippen MR) is 100 cm³/mol. The van der Waals surface area contributed by atoms with Crippen molar-refractivity contribution in [2.45, 2.75) is 21.7 Å². The Kier molecular flexibility index (Phi) is 4.20. The summed E-state index contributed by atoms with van der Waals surface area (Å²) in [6.07, 6.45) is 0. The van der Waals surface area contributed by atoms with Gasteiger partial charge in [0.1, 0.15) is 5.38 Å². The van der Waals surface area contributed by atoms with Gasteiger partial charge in [0.25, 0.3) is 5.69 Å². The average Bonchev–Trinajstić information content (AvgIpc) is 2.70. The highest BCUT2D eigenvalue weighted by Crippen LogP contribution is 2.61.